The number of nitrogens with zero attached hydrogens (tertiary/aromatic N) is 3. The molecule has 5 nitrogen and oxygen atoms in total. The van der Waals surface area contributed by atoms with Gasteiger partial charge in [0.15, 0.2) is 5.16 Å². The topological polar surface area (TPSA) is 59.8 Å². The molecule has 2 aromatic rings. The molecule has 0 saturated heterocycles. The molecule has 7 heteroatoms. The van der Waals surface area contributed by atoms with E-state index in [0.717, 1.165) is 10.7 Å². The van der Waals surface area contributed by atoms with Crippen LogP contribution in [0.5, 0.6) is 0 Å². The Morgan fingerprint density at radius 2 is 2.00 bits per heavy atom. The van der Waals surface area contributed by atoms with E-state index < -0.39 is 0 Å². The Hall–Kier alpha value is -1.89. The second-order valence-corrected chi connectivity index (χ2v) is 6.19. The molecule has 22 heavy (non-hydrogen) atoms. The number of carbonyl (C=O) groups is 1. The SMILES string of the molecule is CC(C)n1cnnc1SCC(=O)N[C@@H](C)c1ccc(F)cc1. The van der Waals surface area contributed by atoms with Crippen molar-refractivity contribution in [2.75, 3.05) is 5.75 Å². The average molecular weight is 322 g/mol. The molecule has 0 fully saturated rings. The van der Waals surface area contributed by atoms with Gasteiger partial charge >= 0.3 is 0 Å². The molecule has 0 saturated carbocycles. The van der Waals surface area contributed by atoms with Crippen LogP contribution in [0.1, 0.15) is 38.4 Å². The Labute approximate surface area is 133 Å². The van der Waals surface area contributed by atoms with Crippen LogP contribution in [0.2, 0.25) is 0 Å². The molecule has 0 aliphatic rings. The Morgan fingerprint density at radius 3 is 2.64 bits per heavy atom. The normalized spacial score (nSPS) is 12.4. The molecule has 1 atom stereocenters. The van der Waals surface area contributed by atoms with Crippen LogP contribution in [0.15, 0.2) is 35.7 Å². The van der Waals surface area contributed by atoms with E-state index in [0.29, 0.717) is 0 Å². The van der Waals surface area contributed by atoms with E-state index in [4.69, 9.17) is 0 Å². The van der Waals surface area contributed by atoms with Crippen molar-refractivity contribution in [2.45, 2.75) is 38.0 Å². The van der Waals surface area contributed by atoms with Crippen LogP contribution < -0.4 is 5.32 Å². The van der Waals surface area contributed by atoms with Crippen molar-refractivity contribution in [2.24, 2.45) is 0 Å². The number of rotatable bonds is 6. The second kappa shape index (κ2) is 7.40. The fourth-order valence-corrected chi connectivity index (χ4v) is 2.79. The molecule has 1 heterocycles. The van der Waals surface area contributed by atoms with Crippen LogP contribution >= 0.6 is 11.8 Å². The summed E-state index contributed by atoms with van der Waals surface area (Å²) in [6.07, 6.45) is 1.66. The van der Waals surface area contributed by atoms with Crippen LogP contribution in [0.3, 0.4) is 0 Å². The molecule has 1 amide bonds. The second-order valence-electron chi connectivity index (χ2n) is 5.24. The maximum atomic E-state index is 12.9. The van der Waals surface area contributed by atoms with Crippen molar-refractivity contribution in [1.82, 2.24) is 20.1 Å². The zero-order valence-electron chi connectivity index (χ0n) is 12.8. The lowest BCUT2D eigenvalue weighted by atomic mass is 10.1. The quantitative estimate of drug-likeness (QED) is 0.831. The van der Waals surface area contributed by atoms with E-state index in [1.807, 2.05) is 25.3 Å². The lowest BCUT2D eigenvalue weighted by Gasteiger charge is -2.14. The Morgan fingerprint density at radius 1 is 1.32 bits per heavy atom. The minimum Gasteiger partial charge on any atom is -0.349 e. The fourth-order valence-electron chi connectivity index (χ4n) is 1.94. The summed E-state index contributed by atoms with van der Waals surface area (Å²) in [4.78, 5) is 12.0. The molecular formula is C15H19FN4OS. The third-order valence-electron chi connectivity index (χ3n) is 3.18. The molecule has 118 valence electrons. The number of carbonyl (C=O) groups excluding carboxylic acids is 1. The number of thioether (sulfide) groups is 1. The van der Waals surface area contributed by atoms with Gasteiger partial charge in [0.2, 0.25) is 5.91 Å². The monoisotopic (exact) mass is 322 g/mol. The van der Waals surface area contributed by atoms with Crippen LogP contribution in [0, 0.1) is 5.82 Å². The van der Waals surface area contributed by atoms with E-state index >= 15 is 0 Å². The molecule has 0 unspecified atom stereocenters. The number of hydrogen-bond acceptors (Lipinski definition) is 4. The van der Waals surface area contributed by atoms with Gasteiger partial charge in [-0.2, -0.15) is 0 Å². The molecule has 0 bridgehead atoms. The van der Waals surface area contributed by atoms with Crippen molar-refractivity contribution >= 4 is 17.7 Å². The minimum atomic E-state index is -0.286. The zero-order valence-corrected chi connectivity index (χ0v) is 13.6. The van der Waals surface area contributed by atoms with Gasteiger partial charge in [-0.1, -0.05) is 23.9 Å². The summed E-state index contributed by atoms with van der Waals surface area (Å²) in [5.41, 5.74) is 0.866. The Kier molecular flexibility index (Phi) is 5.54. The van der Waals surface area contributed by atoms with Crippen LogP contribution in [0.4, 0.5) is 4.39 Å². The maximum absolute atomic E-state index is 12.9. The molecular weight excluding hydrogens is 303 g/mol. The number of halogens is 1. The highest BCUT2D eigenvalue weighted by atomic mass is 32.2. The molecule has 0 spiro atoms. The van der Waals surface area contributed by atoms with Crippen LogP contribution in [-0.4, -0.2) is 26.4 Å². The summed E-state index contributed by atoms with van der Waals surface area (Å²) in [5, 5.41) is 11.5. The molecule has 1 aromatic heterocycles. The van der Waals surface area contributed by atoms with Crippen molar-refractivity contribution in [3.8, 4) is 0 Å². The molecule has 1 aromatic carbocycles. The van der Waals surface area contributed by atoms with Gasteiger partial charge in [0.05, 0.1) is 11.8 Å². The first-order valence-corrected chi connectivity index (χ1v) is 8.03. The van der Waals surface area contributed by atoms with Gasteiger partial charge in [-0.05, 0) is 38.5 Å². The first-order valence-electron chi connectivity index (χ1n) is 7.04. The van der Waals surface area contributed by atoms with E-state index in [9.17, 15) is 9.18 Å². The highest BCUT2D eigenvalue weighted by Gasteiger charge is 2.13. The number of nitrogens with one attached hydrogen (secondary N) is 1. The fraction of sp³-hybridized carbons (Fsp3) is 0.400. The zero-order chi connectivity index (χ0) is 16.1. The largest absolute Gasteiger partial charge is 0.349 e. The number of hydrogen-bond donors (Lipinski definition) is 1. The van der Waals surface area contributed by atoms with Gasteiger partial charge in [-0.25, -0.2) is 4.39 Å². The third-order valence-corrected chi connectivity index (χ3v) is 4.13. The van der Waals surface area contributed by atoms with Crippen LogP contribution in [0.25, 0.3) is 0 Å². The van der Waals surface area contributed by atoms with Crippen molar-refractivity contribution in [1.29, 1.82) is 0 Å². The van der Waals surface area contributed by atoms with Crippen molar-refractivity contribution in [3.05, 3.63) is 42.0 Å². The average Bonchev–Trinajstić information content (AvgIpc) is 2.94. The van der Waals surface area contributed by atoms with Gasteiger partial charge < -0.3 is 9.88 Å². The minimum absolute atomic E-state index is 0.0971. The Balaban J connectivity index is 1.87. The van der Waals surface area contributed by atoms with Crippen molar-refractivity contribution in [3.63, 3.8) is 0 Å². The predicted molar refractivity (Wildman–Crippen MR) is 84.1 cm³/mol. The third kappa shape index (κ3) is 4.30. The van der Waals surface area contributed by atoms with Crippen molar-refractivity contribution < 1.29 is 9.18 Å². The summed E-state index contributed by atoms with van der Waals surface area (Å²) in [5.74, 6) is -0.122. The standard InChI is InChI=1S/C15H19FN4OS/c1-10(2)20-9-17-19-15(20)22-8-14(21)18-11(3)12-4-6-13(16)7-5-12/h4-7,9-11H,8H2,1-3H3,(H,18,21)/t11-/m0/s1. The lowest BCUT2D eigenvalue weighted by Crippen LogP contribution is -2.28. The molecule has 0 aliphatic heterocycles. The van der Waals surface area contributed by atoms with Gasteiger partial charge in [0, 0.05) is 6.04 Å². The van der Waals surface area contributed by atoms with E-state index in [2.05, 4.69) is 15.5 Å². The summed E-state index contributed by atoms with van der Waals surface area (Å²) >= 11 is 1.35. The van der Waals surface area contributed by atoms with E-state index in [1.165, 1.54) is 23.9 Å². The molecule has 0 radical (unpaired) electrons. The first-order chi connectivity index (χ1) is 10.5. The van der Waals surface area contributed by atoms with E-state index in [-0.39, 0.29) is 29.6 Å². The van der Waals surface area contributed by atoms with Crippen LogP contribution in [-0.2, 0) is 4.79 Å². The highest BCUT2D eigenvalue weighted by Crippen LogP contribution is 2.19. The number of aromatic nitrogens is 3. The summed E-state index contributed by atoms with van der Waals surface area (Å²) in [6, 6.07) is 6.19. The van der Waals surface area contributed by atoms with Gasteiger partial charge in [-0.15, -0.1) is 10.2 Å². The summed E-state index contributed by atoms with van der Waals surface area (Å²) in [6.45, 7) is 5.93. The molecule has 2 rings (SSSR count). The highest BCUT2D eigenvalue weighted by molar-refractivity contribution is 7.99. The predicted octanol–water partition coefficient (Wildman–Crippen LogP) is 2.97. The Bertz CT molecular complexity index is 627. The summed E-state index contributed by atoms with van der Waals surface area (Å²) < 4.78 is 14.8. The first kappa shape index (κ1) is 16.5. The van der Waals surface area contributed by atoms with E-state index in [1.54, 1.807) is 18.5 Å². The summed E-state index contributed by atoms with van der Waals surface area (Å²) in [7, 11) is 0. The van der Waals surface area contributed by atoms with Gasteiger partial charge in [-0.3, -0.25) is 4.79 Å². The lowest BCUT2D eigenvalue weighted by molar-refractivity contribution is -0.119. The number of benzene rings is 1. The van der Waals surface area contributed by atoms with Gasteiger partial charge in [0.25, 0.3) is 0 Å². The molecule has 1 N–H and O–H groups in total. The number of amides is 1. The maximum Gasteiger partial charge on any atom is 0.230 e. The molecule has 0 aliphatic carbocycles. The smallest absolute Gasteiger partial charge is 0.230 e. The van der Waals surface area contributed by atoms with Gasteiger partial charge in [0.1, 0.15) is 12.1 Å².